The van der Waals surface area contributed by atoms with Gasteiger partial charge >= 0.3 is 5.97 Å². The molecule has 1 heterocycles. The number of rotatable bonds is 4. The van der Waals surface area contributed by atoms with E-state index in [4.69, 9.17) is 9.84 Å². The average Bonchev–Trinajstić information content (AvgIpc) is 2.66. The van der Waals surface area contributed by atoms with Crippen LogP contribution in [0.1, 0.15) is 25.3 Å². The van der Waals surface area contributed by atoms with Gasteiger partial charge in [0, 0.05) is 17.1 Å². The molecule has 1 aromatic heterocycles. The highest BCUT2D eigenvalue weighted by Crippen LogP contribution is 2.30. The lowest BCUT2D eigenvalue weighted by Crippen LogP contribution is -2.07. The second-order valence-corrected chi connectivity index (χ2v) is 4.64. The van der Waals surface area contributed by atoms with Crippen LogP contribution < -0.4 is 4.74 Å². The van der Waals surface area contributed by atoms with E-state index in [1.54, 1.807) is 11.7 Å². The molecule has 96 valence electrons. The number of methoxy groups -OCH3 is 1. The van der Waals surface area contributed by atoms with Crippen LogP contribution in [0.15, 0.2) is 24.4 Å². The number of carboxylic acid groups (broad SMARTS) is 1. The van der Waals surface area contributed by atoms with Gasteiger partial charge in [0.05, 0.1) is 7.11 Å². The number of hydrogen-bond donors (Lipinski definition) is 1. The Morgan fingerprint density at radius 3 is 2.72 bits per heavy atom. The fourth-order valence-electron chi connectivity index (χ4n) is 2.17. The van der Waals surface area contributed by atoms with Gasteiger partial charge in [-0.3, -0.25) is 4.79 Å². The monoisotopic (exact) mass is 247 g/mol. The Bertz CT molecular complexity index is 584. The standard InChI is InChI=1S/C14H17NO3/c1-9(2)12-7-15(8-14(16)17)13-5-4-10(18-3)6-11(12)13/h4-7,9H,8H2,1-3H3,(H,16,17). The van der Waals surface area contributed by atoms with Crippen molar-refractivity contribution in [2.75, 3.05) is 7.11 Å². The van der Waals surface area contributed by atoms with Crippen molar-refractivity contribution < 1.29 is 14.6 Å². The van der Waals surface area contributed by atoms with Crippen molar-refractivity contribution >= 4 is 16.9 Å². The van der Waals surface area contributed by atoms with E-state index in [1.165, 1.54) is 0 Å². The third kappa shape index (κ3) is 2.18. The summed E-state index contributed by atoms with van der Waals surface area (Å²) in [4.78, 5) is 10.9. The molecule has 0 aliphatic rings. The van der Waals surface area contributed by atoms with Crippen molar-refractivity contribution in [2.24, 2.45) is 0 Å². The number of carbonyl (C=O) groups is 1. The summed E-state index contributed by atoms with van der Waals surface area (Å²) in [5, 5.41) is 9.99. The Labute approximate surface area is 106 Å². The van der Waals surface area contributed by atoms with Crippen LogP contribution in [0.25, 0.3) is 10.9 Å². The third-order valence-electron chi connectivity index (χ3n) is 3.05. The molecule has 1 N–H and O–H groups in total. The highest BCUT2D eigenvalue weighted by atomic mass is 16.5. The van der Waals surface area contributed by atoms with Gasteiger partial charge in [0.25, 0.3) is 0 Å². The average molecular weight is 247 g/mol. The summed E-state index contributed by atoms with van der Waals surface area (Å²) in [6.45, 7) is 4.17. The number of ether oxygens (including phenoxy) is 1. The maximum absolute atomic E-state index is 10.9. The Kier molecular flexibility index (Phi) is 3.28. The molecular formula is C14H17NO3. The molecule has 2 rings (SSSR count). The van der Waals surface area contributed by atoms with Gasteiger partial charge in [-0.25, -0.2) is 0 Å². The van der Waals surface area contributed by atoms with Crippen LogP contribution in [0.4, 0.5) is 0 Å². The van der Waals surface area contributed by atoms with Gasteiger partial charge in [-0.1, -0.05) is 13.8 Å². The minimum absolute atomic E-state index is 0.0183. The molecule has 1 aromatic carbocycles. The SMILES string of the molecule is COc1ccc2c(c1)c(C(C)C)cn2CC(=O)O. The van der Waals surface area contributed by atoms with Crippen molar-refractivity contribution in [1.82, 2.24) is 4.57 Å². The van der Waals surface area contributed by atoms with Crippen molar-refractivity contribution in [1.29, 1.82) is 0 Å². The largest absolute Gasteiger partial charge is 0.497 e. The molecule has 4 heteroatoms. The summed E-state index contributed by atoms with van der Waals surface area (Å²) >= 11 is 0. The fraction of sp³-hybridized carbons (Fsp3) is 0.357. The highest BCUT2D eigenvalue weighted by molar-refractivity contribution is 5.87. The van der Waals surface area contributed by atoms with E-state index < -0.39 is 5.97 Å². The number of benzene rings is 1. The second-order valence-electron chi connectivity index (χ2n) is 4.64. The van der Waals surface area contributed by atoms with Crippen LogP contribution in [-0.2, 0) is 11.3 Å². The molecule has 0 aliphatic carbocycles. The van der Waals surface area contributed by atoms with E-state index in [2.05, 4.69) is 13.8 Å². The molecule has 0 aliphatic heterocycles. The summed E-state index contributed by atoms with van der Waals surface area (Å²) in [5.41, 5.74) is 2.08. The molecule has 0 spiro atoms. The smallest absolute Gasteiger partial charge is 0.323 e. The predicted molar refractivity (Wildman–Crippen MR) is 70.2 cm³/mol. The maximum atomic E-state index is 10.9. The lowest BCUT2D eigenvalue weighted by Gasteiger charge is -2.04. The first-order valence-corrected chi connectivity index (χ1v) is 5.91. The Balaban J connectivity index is 2.63. The molecule has 0 radical (unpaired) electrons. The lowest BCUT2D eigenvalue weighted by molar-refractivity contribution is -0.137. The summed E-state index contributed by atoms with van der Waals surface area (Å²) in [5.74, 6) is 0.296. The van der Waals surface area contributed by atoms with Crippen molar-refractivity contribution in [3.63, 3.8) is 0 Å². The Morgan fingerprint density at radius 2 is 2.17 bits per heavy atom. The highest BCUT2D eigenvalue weighted by Gasteiger charge is 2.13. The molecule has 0 saturated carbocycles. The van der Waals surface area contributed by atoms with Crippen LogP contribution in [0.3, 0.4) is 0 Å². The molecule has 0 bridgehead atoms. The van der Waals surface area contributed by atoms with Gasteiger partial charge in [0.15, 0.2) is 0 Å². The maximum Gasteiger partial charge on any atom is 0.323 e. The number of nitrogens with zero attached hydrogens (tertiary/aromatic N) is 1. The van der Waals surface area contributed by atoms with Crippen molar-refractivity contribution in [3.05, 3.63) is 30.0 Å². The summed E-state index contributed by atoms with van der Waals surface area (Å²) in [7, 11) is 1.63. The number of hydrogen-bond acceptors (Lipinski definition) is 2. The first kappa shape index (κ1) is 12.5. The van der Waals surface area contributed by atoms with Crippen LogP contribution in [0.5, 0.6) is 5.75 Å². The van der Waals surface area contributed by atoms with Gasteiger partial charge < -0.3 is 14.4 Å². The molecule has 0 unspecified atom stereocenters. The zero-order valence-corrected chi connectivity index (χ0v) is 10.8. The minimum Gasteiger partial charge on any atom is -0.497 e. The molecule has 0 atom stereocenters. The normalized spacial score (nSPS) is 11.1. The van der Waals surface area contributed by atoms with E-state index in [0.717, 1.165) is 22.2 Å². The Morgan fingerprint density at radius 1 is 1.44 bits per heavy atom. The molecule has 0 saturated heterocycles. The summed E-state index contributed by atoms with van der Waals surface area (Å²) in [6, 6.07) is 5.72. The van der Waals surface area contributed by atoms with E-state index in [0.29, 0.717) is 5.92 Å². The van der Waals surface area contributed by atoms with E-state index >= 15 is 0 Å². The molecule has 18 heavy (non-hydrogen) atoms. The van der Waals surface area contributed by atoms with Gasteiger partial charge in [-0.05, 0) is 29.7 Å². The van der Waals surface area contributed by atoms with Crippen LogP contribution in [-0.4, -0.2) is 22.8 Å². The van der Waals surface area contributed by atoms with Crippen LogP contribution in [0.2, 0.25) is 0 Å². The van der Waals surface area contributed by atoms with Gasteiger partial charge in [-0.15, -0.1) is 0 Å². The lowest BCUT2D eigenvalue weighted by atomic mass is 10.0. The minimum atomic E-state index is -0.835. The molecule has 0 amide bonds. The molecule has 2 aromatic rings. The number of fused-ring (bicyclic) bond motifs is 1. The van der Waals surface area contributed by atoms with Gasteiger partial charge in [-0.2, -0.15) is 0 Å². The first-order valence-electron chi connectivity index (χ1n) is 5.91. The fourth-order valence-corrected chi connectivity index (χ4v) is 2.17. The van der Waals surface area contributed by atoms with Gasteiger partial charge in [0.2, 0.25) is 0 Å². The van der Waals surface area contributed by atoms with E-state index in [1.807, 2.05) is 24.4 Å². The second kappa shape index (κ2) is 4.72. The van der Waals surface area contributed by atoms with E-state index in [9.17, 15) is 4.79 Å². The predicted octanol–water partition coefficient (Wildman–Crippen LogP) is 2.86. The first-order chi connectivity index (χ1) is 8.52. The van der Waals surface area contributed by atoms with E-state index in [-0.39, 0.29) is 6.54 Å². The molecular weight excluding hydrogens is 230 g/mol. The van der Waals surface area contributed by atoms with Crippen LogP contribution in [0, 0.1) is 0 Å². The summed E-state index contributed by atoms with van der Waals surface area (Å²) in [6.07, 6.45) is 1.92. The quantitative estimate of drug-likeness (QED) is 0.903. The Hall–Kier alpha value is -1.97. The third-order valence-corrected chi connectivity index (χ3v) is 3.05. The van der Waals surface area contributed by atoms with Gasteiger partial charge in [0.1, 0.15) is 12.3 Å². The van der Waals surface area contributed by atoms with Crippen molar-refractivity contribution in [2.45, 2.75) is 26.3 Å². The molecule has 0 fully saturated rings. The summed E-state index contributed by atoms with van der Waals surface area (Å²) < 4.78 is 6.99. The topological polar surface area (TPSA) is 51.5 Å². The van der Waals surface area contributed by atoms with Crippen LogP contribution >= 0.6 is 0 Å². The molecule has 4 nitrogen and oxygen atoms in total. The zero-order valence-electron chi connectivity index (χ0n) is 10.8. The number of carboxylic acids is 1. The zero-order chi connectivity index (χ0) is 13.3. The number of aromatic nitrogens is 1. The van der Waals surface area contributed by atoms with Crippen molar-refractivity contribution in [3.8, 4) is 5.75 Å². The number of aliphatic carboxylic acids is 1.